The minimum atomic E-state index is -0.992. The Balaban J connectivity index is 2.32. The van der Waals surface area contributed by atoms with E-state index in [1.807, 2.05) is 32.9 Å². The van der Waals surface area contributed by atoms with Gasteiger partial charge in [-0.2, -0.15) is 0 Å². The van der Waals surface area contributed by atoms with E-state index in [-0.39, 0.29) is 19.9 Å². The van der Waals surface area contributed by atoms with Crippen LogP contribution in [-0.2, 0) is 24.3 Å². The average molecular weight is 390 g/mol. The number of carbonyl (C=O) groups excluding carboxylic acids is 1. The number of primary amides is 1. The number of H-pyrrole nitrogens is 1. The monoisotopic (exact) mass is 390 g/mol. The summed E-state index contributed by atoms with van der Waals surface area (Å²) in [5.41, 5.74) is 8.23. The van der Waals surface area contributed by atoms with Crippen molar-refractivity contribution in [3.8, 4) is 0 Å². The number of ether oxygens (including phenoxy) is 1. The van der Waals surface area contributed by atoms with E-state index < -0.39 is 17.3 Å². The molecule has 0 atom stereocenters. The standard InChI is InChI=1S/C19H26N4O5/c1-4-15-16(10-14-8-12(2)7-13(3)9-14)22(19(26)21-17(15)24)11-28-6-5-23(27)18(20)25/h7-9,27H,4-6,10-11H2,1-3H3,(H2,20,25)(H,21,24,26). The van der Waals surface area contributed by atoms with Crippen LogP contribution < -0.4 is 17.0 Å². The third-order valence-corrected chi connectivity index (χ3v) is 4.34. The molecule has 0 saturated carbocycles. The minimum Gasteiger partial charge on any atom is -0.359 e. The molecule has 1 heterocycles. The number of nitrogens with zero attached hydrogens (tertiary/aromatic N) is 2. The quantitative estimate of drug-likeness (QED) is 0.352. The minimum absolute atomic E-state index is 0.0323. The lowest BCUT2D eigenvalue weighted by molar-refractivity contribution is -0.0630. The lowest BCUT2D eigenvalue weighted by Crippen LogP contribution is -2.37. The van der Waals surface area contributed by atoms with Crippen molar-refractivity contribution < 1.29 is 14.7 Å². The van der Waals surface area contributed by atoms with Gasteiger partial charge in [0.1, 0.15) is 6.73 Å². The molecule has 4 N–H and O–H groups in total. The Morgan fingerprint density at radius 3 is 2.46 bits per heavy atom. The zero-order valence-corrected chi connectivity index (χ0v) is 16.3. The highest BCUT2D eigenvalue weighted by molar-refractivity contribution is 5.70. The van der Waals surface area contributed by atoms with Crippen LogP contribution in [0.5, 0.6) is 0 Å². The fraction of sp³-hybridized carbons (Fsp3) is 0.421. The van der Waals surface area contributed by atoms with E-state index in [9.17, 15) is 19.6 Å². The molecule has 0 aliphatic heterocycles. The molecule has 1 aromatic heterocycles. The SMILES string of the molecule is CCc1c(Cc2cc(C)cc(C)c2)n(COCCN(O)C(N)=O)c(=O)[nH]c1=O. The molecule has 9 heteroatoms. The smallest absolute Gasteiger partial charge is 0.338 e. The number of hydroxylamine groups is 2. The van der Waals surface area contributed by atoms with Gasteiger partial charge in [-0.3, -0.25) is 19.6 Å². The predicted octanol–water partition coefficient (Wildman–Crippen LogP) is 1.05. The molecular weight excluding hydrogens is 364 g/mol. The summed E-state index contributed by atoms with van der Waals surface area (Å²) >= 11 is 0. The van der Waals surface area contributed by atoms with E-state index >= 15 is 0 Å². The van der Waals surface area contributed by atoms with Crippen molar-refractivity contribution in [2.75, 3.05) is 13.2 Å². The number of carbonyl (C=O) groups is 1. The molecule has 2 aromatic rings. The van der Waals surface area contributed by atoms with Crippen molar-refractivity contribution in [1.82, 2.24) is 14.6 Å². The zero-order chi connectivity index (χ0) is 20.8. The summed E-state index contributed by atoms with van der Waals surface area (Å²) in [6, 6.07) is 5.09. The van der Waals surface area contributed by atoms with Crippen LogP contribution in [0.25, 0.3) is 0 Å². The molecular formula is C19H26N4O5. The third-order valence-electron chi connectivity index (χ3n) is 4.34. The molecule has 2 rings (SSSR count). The fourth-order valence-corrected chi connectivity index (χ4v) is 3.14. The molecule has 0 aliphatic rings. The van der Waals surface area contributed by atoms with Crippen molar-refractivity contribution >= 4 is 6.03 Å². The van der Waals surface area contributed by atoms with Gasteiger partial charge in [-0.05, 0) is 25.8 Å². The number of nitrogens with two attached hydrogens (primary N) is 1. The van der Waals surface area contributed by atoms with E-state index in [1.165, 1.54) is 4.57 Å². The average Bonchev–Trinajstić information content (AvgIpc) is 2.59. The summed E-state index contributed by atoms with van der Waals surface area (Å²) in [5.74, 6) is 0. The van der Waals surface area contributed by atoms with E-state index in [0.29, 0.717) is 29.2 Å². The number of urea groups is 1. The normalized spacial score (nSPS) is 10.9. The van der Waals surface area contributed by atoms with Crippen molar-refractivity contribution in [3.63, 3.8) is 0 Å². The van der Waals surface area contributed by atoms with Crippen LogP contribution in [0.4, 0.5) is 4.79 Å². The zero-order valence-electron chi connectivity index (χ0n) is 16.3. The first kappa shape index (κ1) is 21.4. The fourth-order valence-electron chi connectivity index (χ4n) is 3.14. The lowest BCUT2D eigenvalue weighted by atomic mass is 10.0. The molecule has 0 radical (unpaired) electrons. The second-order valence-corrected chi connectivity index (χ2v) is 6.64. The van der Waals surface area contributed by atoms with Crippen molar-refractivity contribution in [1.29, 1.82) is 0 Å². The van der Waals surface area contributed by atoms with Gasteiger partial charge in [0.2, 0.25) is 0 Å². The van der Waals surface area contributed by atoms with Crippen molar-refractivity contribution in [2.45, 2.75) is 40.3 Å². The number of aryl methyl sites for hydroxylation is 2. The molecule has 2 amide bonds. The van der Waals surface area contributed by atoms with Gasteiger partial charge in [0.25, 0.3) is 5.56 Å². The molecule has 0 bridgehead atoms. The Labute approximate surface area is 162 Å². The van der Waals surface area contributed by atoms with Gasteiger partial charge < -0.3 is 10.5 Å². The van der Waals surface area contributed by atoms with E-state index in [0.717, 1.165) is 16.7 Å². The van der Waals surface area contributed by atoms with Gasteiger partial charge >= 0.3 is 11.7 Å². The largest absolute Gasteiger partial charge is 0.359 e. The Bertz CT molecular complexity index is 944. The second-order valence-electron chi connectivity index (χ2n) is 6.64. The molecule has 0 fully saturated rings. The molecule has 0 unspecified atom stereocenters. The molecule has 152 valence electrons. The number of nitrogens with one attached hydrogen (secondary N) is 1. The Morgan fingerprint density at radius 1 is 1.25 bits per heavy atom. The summed E-state index contributed by atoms with van der Waals surface area (Å²) in [6.45, 7) is 5.53. The van der Waals surface area contributed by atoms with Crippen molar-refractivity contribution in [2.24, 2.45) is 5.73 Å². The van der Waals surface area contributed by atoms with Crippen LogP contribution in [-0.4, -0.2) is 39.0 Å². The number of hydrogen-bond acceptors (Lipinski definition) is 5. The Kier molecular flexibility index (Phi) is 7.13. The van der Waals surface area contributed by atoms with Gasteiger partial charge in [0.05, 0.1) is 13.2 Å². The molecule has 28 heavy (non-hydrogen) atoms. The molecule has 1 aromatic carbocycles. The Morgan fingerprint density at radius 2 is 1.89 bits per heavy atom. The number of aromatic nitrogens is 2. The molecule has 0 spiro atoms. The maximum Gasteiger partial charge on any atom is 0.338 e. The highest BCUT2D eigenvalue weighted by Gasteiger charge is 2.15. The van der Waals surface area contributed by atoms with Gasteiger partial charge in [-0.15, -0.1) is 0 Å². The number of aromatic amines is 1. The van der Waals surface area contributed by atoms with Crippen LogP contribution in [0.2, 0.25) is 0 Å². The van der Waals surface area contributed by atoms with Crippen LogP contribution in [0.15, 0.2) is 27.8 Å². The summed E-state index contributed by atoms with van der Waals surface area (Å²) in [7, 11) is 0. The summed E-state index contributed by atoms with van der Waals surface area (Å²) in [6.07, 6.45) is 0.865. The lowest BCUT2D eigenvalue weighted by Gasteiger charge is -2.17. The third kappa shape index (κ3) is 5.30. The number of benzene rings is 1. The molecule has 0 saturated heterocycles. The first-order valence-electron chi connectivity index (χ1n) is 8.98. The van der Waals surface area contributed by atoms with Crippen LogP contribution >= 0.6 is 0 Å². The maximum absolute atomic E-state index is 12.4. The van der Waals surface area contributed by atoms with E-state index in [1.54, 1.807) is 0 Å². The first-order chi connectivity index (χ1) is 13.2. The van der Waals surface area contributed by atoms with Crippen molar-refractivity contribution in [3.05, 3.63) is 67.0 Å². The van der Waals surface area contributed by atoms with Gasteiger partial charge in [-0.1, -0.05) is 36.2 Å². The summed E-state index contributed by atoms with van der Waals surface area (Å²) in [4.78, 5) is 37.8. The summed E-state index contributed by atoms with van der Waals surface area (Å²) < 4.78 is 6.78. The van der Waals surface area contributed by atoms with Gasteiger partial charge in [-0.25, -0.2) is 14.7 Å². The molecule has 9 nitrogen and oxygen atoms in total. The highest BCUT2D eigenvalue weighted by Crippen LogP contribution is 2.15. The van der Waals surface area contributed by atoms with Gasteiger partial charge in [0.15, 0.2) is 0 Å². The second kappa shape index (κ2) is 9.34. The first-order valence-corrected chi connectivity index (χ1v) is 8.98. The van der Waals surface area contributed by atoms with E-state index in [2.05, 4.69) is 11.1 Å². The van der Waals surface area contributed by atoms with E-state index in [4.69, 9.17) is 10.5 Å². The highest BCUT2D eigenvalue weighted by atomic mass is 16.5. The summed E-state index contributed by atoms with van der Waals surface area (Å²) in [5, 5.41) is 9.58. The number of amides is 2. The van der Waals surface area contributed by atoms with Crippen LogP contribution in [0, 0.1) is 13.8 Å². The predicted molar refractivity (Wildman–Crippen MR) is 103 cm³/mol. The van der Waals surface area contributed by atoms with Crippen LogP contribution in [0.1, 0.15) is 34.9 Å². The maximum atomic E-state index is 12.4. The van der Waals surface area contributed by atoms with Crippen LogP contribution in [0.3, 0.4) is 0 Å². The molecule has 0 aliphatic carbocycles. The Hall–Kier alpha value is -2.91. The number of rotatable bonds is 8. The topological polar surface area (TPSA) is 131 Å². The number of hydrogen-bond donors (Lipinski definition) is 3. The van der Waals surface area contributed by atoms with Gasteiger partial charge in [0, 0.05) is 17.7 Å².